The Morgan fingerprint density at radius 3 is 2.57 bits per heavy atom. The summed E-state index contributed by atoms with van der Waals surface area (Å²) >= 11 is 1.73. The monoisotopic (exact) mass is 451 g/mol. The Labute approximate surface area is 156 Å². The van der Waals surface area contributed by atoms with E-state index in [2.05, 4.69) is 34.7 Å². The summed E-state index contributed by atoms with van der Waals surface area (Å²) in [7, 11) is 1.69. The summed E-state index contributed by atoms with van der Waals surface area (Å²) in [6.45, 7) is 3.28. The van der Waals surface area contributed by atoms with Gasteiger partial charge in [0, 0.05) is 29.4 Å². The van der Waals surface area contributed by atoms with E-state index in [4.69, 9.17) is 0 Å². The average molecular weight is 451 g/mol. The SMILES string of the molecule is CN=C(NCCc1ccc(F)cc1F)NCc1ccc(C)s1.I. The smallest absolute Gasteiger partial charge is 0.191 e. The first-order valence-electron chi connectivity index (χ1n) is 7.02. The molecule has 7 heteroatoms. The molecule has 0 aliphatic heterocycles. The fraction of sp³-hybridized carbons (Fsp3) is 0.312. The van der Waals surface area contributed by atoms with E-state index >= 15 is 0 Å². The van der Waals surface area contributed by atoms with Gasteiger partial charge >= 0.3 is 0 Å². The first-order valence-corrected chi connectivity index (χ1v) is 7.84. The van der Waals surface area contributed by atoms with Crippen molar-refractivity contribution in [2.45, 2.75) is 19.9 Å². The lowest BCUT2D eigenvalue weighted by Gasteiger charge is -2.11. The fourth-order valence-corrected chi connectivity index (χ4v) is 2.84. The van der Waals surface area contributed by atoms with Gasteiger partial charge in [-0.1, -0.05) is 6.07 Å². The Morgan fingerprint density at radius 1 is 1.17 bits per heavy atom. The van der Waals surface area contributed by atoms with Crippen LogP contribution in [0.3, 0.4) is 0 Å². The van der Waals surface area contributed by atoms with Crippen LogP contribution in [0.1, 0.15) is 15.3 Å². The zero-order valence-electron chi connectivity index (χ0n) is 13.0. The van der Waals surface area contributed by atoms with Crippen molar-refractivity contribution in [2.75, 3.05) is 13.6 Å². The van der Waals surface area contributed by atoms with E-state index in [-0.39, 0.29) is 24.0 Å². The minimum atomic E-state index is -0.557. The Bertz CT molecular complexity index is 659. The van der Waals surface area contributed by atoms with Crippen LogP contribution in [0, 0.1) is 18.6 Å². The third kappa shape index (κ3) is 6.42. The summed E-state index contributed by atoms with van der Waals surface area (Å²) in [6.07, 6.45) is 0.463. The summed E-state index contributed by atoms with van der Waals surface area (Å²) in [5.74, 6) is -0.412. The van der Waals surface area contributed by atoms with Crippen LogP contribution in [0.15, 0.2) is 35.3 Å². The molecule has 0 saturated heterocycles. The molecule has 2 rings (SSSR count). The molecule has 23 heavy (non-hydrogen) atoms. The van der Waals surface area contributed by atoms with E-state index in [0.717, 1.165) is 6.07 Å². The van der Waals surface area contributed by atoms with E-state index in [1.54, 1.807) is 18.4 Å². The second-order valence-corrected chi connectivity index (χ2v) is 6.22. The lowest BCUT2D eigenvalue weighted by atomic mass is 10.1. The molecular weight excluding hydrogens is 431 g/mol. The van der Waals surface area contributed by atoms with Crippen molar-refractivity contribution in [3.8, 4) is 0 Å². The molecular formula is C16H20F2IN3S. The van der Waals surface area contributed by atoms with Crippen LogP contribution in [0.25, 0.3) is 0 Å². The average Bonchev–Trinajstić information content (AvgIpc) is 2.90. The summed E-state index contributed by atoms with van der Waals surface area (Å²) in [4.78, 5) is 6.62. The standard InChI is InChI=1S/C16H19F2N3S.HI/c1-11-3-6-14(22-11)10-21-16(19-2)20-8-7-12-4-5-13(17)9-15(12)18;/h3-6,9H,7-8,10H2,1-2H3,(H2,19,20,21);1H. The van der Waals surface area contributed by atoms with Crippen LogP contribution in [0.2, 0.25) is 0 Å². The predicted octanol–water partition coefficient (Wildman–Crippen LogP) is 3.86. The van der Waals surface area contributed by atoms with Crippen molar-refractivity contribution in [1.29, 1.82) is 0 Å². The molecule has 2 aromatic rings. The van der Waals surface area contributed by atoms with Gasteiger partial charge in [-0.3, -0.25) is 4.99 Å². The number of benzene rings is 1. The largest absolute Gasteiger partial charge is 0.356 e. The molecule has 2 N–H and O–H groups in total. The van der Waals surface area contributed by atoms with Crippen molar-refractivity contribution >= 4 is 41.3 Å². The van der Waals surface area contributed by atoms with Gasteiger partial charge in [-0.05, 0) is 37.1 Å². The molecule has 0 fully saturated rings. The number of aryl methyl sites for hydroxylation is 1. The number of thiophene rings is 1. The molecule has 1 aromatic carbocycles. The predicted molar refractivity (Wildman–Crippen MR) is 103 cm³/mol. The highest BCUT2D eigenvalue weighted by atomic mass is 127. The maximum Gasteiger partial charge on any atom is 0.191 e. The van der Waals surface area contributed by atoms with Crippen LogP contribution < -0.4 is 10.6 Å². The van der Waals surface area contributed by atoms with Crippen molar-refractivity contribution in [3.63, 3.8) is 0 Å². The van der Waals surface area contributed by atoms with Gasteiger partial charge < -0.3 is 10.6 Å². The van der Waals surface area contributed by atoms with Crippen molar-refractivity contribution in [1.82, 2.24) is 10.6 Å². The van der Waals surface area contributed by atoms with Crippen molar-refractivity contribution < 1.29 is 8.78 Å². The van der Waals surface area contributed by atoms with Gasteiger partial charge in [-0.15, -0.1) is 35.3 Å². The van der Waals surface area contributed by atoms with E-state index in [1.807, 2.05) is 0 Å². The second-order valence-electron chi connectivity index (χ2n) is 4.85. The summed E-state index contributed by atoms with van der Waals surface area (Å²) in [6, 6.07) is 7.80. The Kier molecular flexibility index (Phi) is 8.46. The molecule has 0 radical (unpaired) electrons. The highest BCUT2D eigenvalue weighted by Crippen LogP contribution is 2.14. The fourth-order valence-electron chi connectivity index (χ4n) is 2.01. The van der Waals surface area contributed by atoms with E-state index in [1.165, 1.54) is 21.9 Å². The zero-order valence-corrected chi connectivity index (χ0v) is 16.2. The third-order valence-corrected chi connectivity index (χ3v) is 4.15. The molecule has 0 amide bonds. The Hall–Kier alpha value is -1.22. The maximum atomic E-state index is 13.5. The zero-order chi connectivity index (χ0) is 15.9. The summed E-state index contributed by atoms with van der Waals surface area (Å²) < 4.78 is 26.3. The number of guanidine groups is 1. The highest BCUT2D eigenvalue weighted by Gasteiger charge is 2.04. The van der Waals surface area contributed by atoms with Gasteiger partial charge in [0.2, 0.25) is 0 Å². The molecule has 1 aromatic heterocycles. The van der Waals surface area contributed by atoms with E-state index < -0.39 is 11.6 Å². The molecule has 0 unspecified atom stereocenters. The van der Waals surface area contributed by atoms with Crippen molar-refractivity contribution in [3.05, 3.63) is 57.3 Å². The lowest BCUT2D eigenvalue weighted by Crippen LogP contribution is -2.37. The highest BCUT2D eigenvalue weighted by molar-refractivity contribution is 14.0. The normalized spacial score (nSPS) is 11.0. The number of nitrogens with zero attached hydrogens (tertiary/aromatic N) is 1. The molecule has 0 aliphatic carbocycles. The molecule has 0 aliphatic rings. The van der Waals surface area contributed by atoms with Gasteiger partial charge in [0.15, 0.2) is 5.96 Å². The topological polar surface area (TPSA) is 36.4 Å². The van der Waals surface area contributed by atoms with Crippen LogP contribution in [0.4, 0.5) is 8.78 Å². The Balaban J connectivity index is 0.00000264. The second kappa shape index (κ2) is 9.82. The third-order valence-electron chi connectivity index (χ3n) is 3.15. The Morgan fingerprint density at radius 2 is 1.96 bits per heavy atom. The molecule has 0 saturated carbocycles. The number of halogens is 3. The van der Waals surface area contributed by atoms with Crippen LogP contribution in [-0.2, 0) is 13.0 Å². The summed E-state index contributed by atoms with van der Waals surface area (Å²) in [5, 5.41) is 6.32. The van der Waals surface area contributed by atoms with E-state index in [9.17, 15) is 8.78 Å². The van der Waals surface area contributed by atoms with E-state index in [0.29, 0.717) is 31.0 Å². The number of hydrogen-bond donors (Lipinski definition) is 2. The first kappa shape index (κ1) is 19.8. The molecule has 126 valence electrons. The molecule has 1 heterocycles. The minimum absolute atomic E-state index is 0. The van der Waals surface area contributed by atoms with Crippen molar-refractivity contribution in [2.24, 2.45) is 4.99 Å². The quantitative estimate of drug-likeness (QED) is 0.412. The maximum absolute atomic E-state index is 13.5. The molecule has 0 bridgehead atoms. The van der Waals surface area contributed by atoms with Crippen LogP contribution in [0.5, 0.6) is 0 Å². The van der Waals surface area contributed by atoms with Gasteiger partial charge in [-0.25, -0.2) is 8.78 Å². The molecule has 3 nitrogen and oxygen atoms in total. The number of aliphatic imine (C=N–C) groups is 1. The van der Waals surface area contributed by atoms with Gasteiger partial charge in [-0.2, -0.15) is 0 Å². The number of nitrogens with one attached hydrogen (secondary N) is 2. The van der Waals surface area contributed by atoms with Gasteiger partial charge in [0.05, 0.1) is 6.54 Å². The molecule has 0 atom stereocenters. The van der Waals surface area contributed by atoms with Gasteiger partial charge in [0.1, 0.15) is 11.6 Å². The molecule has 0 spiro atoms. The van der Waals surface area contributed by atoms with Crippen LogP contribution in [-0.4, -0.2) is 19.6 Å². The van der Waals surface area contributed by atoms with Gasteiger partial charge in [0.25, 0.3) is 0 Å². The lowest BCUT2D eigenvalue weighted by molar-refractivity contribution is 0.570. The first-order chi connectivity index (χ1) is 10.6. The minimum Gasteiger partial charge on any atom is -0.356 e. The number of hydrogen-bond acceptors (Lipinski definition) is 2. The van der Waals surface area contributed by atoms with Crippen LogP contribution >= 0.6 is 35.3 Å². The number of rotatable bonds is 5. The summed E-state index contributed by atoms with van der Waals surface area (Å²) in [5.41, 5.74) is 0.484.